The van der Waals surface area contributed by atoms with Gasteiger partial charge >= 0.3 is 5.97 Å². The third kappa shape index (κ3) is 2.04. The first-order valence-electron chi connectivity index (χ1n) is 5.42. The van der Waals surface area contributed by atoms with Gasteiger partial charge < -0.3 is 4.74 Å². The molecule has 1 aliphatic rings. The first-order chi connectivity index (χ1) is 7.33. The van der Waals surface area contributed by atoms with Crippen molar-refractivity contribution in [3.8, 4) is 0 Å². The summed E-state index contributed by atoms with van der Waals surface area (Å²) < 4.78 is 4.78. The van der Waals surface area contributed by atoms with E-state index in [1.165, 1.54) is 32.8 Å². The lowest BCUT2D eigenvalue weighted by Gasteiger charge is -2.12. The second-order valence-corrected chi connectivity index (χ2v) is 3.97. The molecule has 0 amide bonds. The summed E-state index contributed by atoms with van der Waals surface area (Å²) in [4.78, 5) is 11.5. The standard InChI is InChI=1S/C13H15O2/c1-15-13(14)12-9-5-4-8-11(12)10-6-2-3-7-10/h4-5,9-10H,2-3,6-7H2,1H3. The molecule has 0 heterocycles. The number of rotatable bonds is 2. The monoisotopic (exact) mass is 203 g/mol. The topological polar surface area (TPSA) is 26.3 Å². The molecule has 0 unspecified atom stereocenters. The van der Waals surface area contributed by atoms with Crippen molar-refractivity contribution in [2.75, 3.05) is 7.11 Å². The molecule has 1 radical (unpaired) electrons. The molecule has 1 aliphatic carbocycles. The molecule has 0 aromatic heterocycles. The van der Waals surface area contributed by atoms with Gasteiger partial charge in [-0.2, -0.15) is 0 Å². The highest BCUT2D eigenvalue weighted by molar-refractivity contribution is 5.91. The summed E-state index contributed by atoms with van der Waals surface area (Å²) in [6.07, 6.45) is 4.86. The van der Waals surface area contributed by atoms with Crippen molar-refractivity contribution in [3.63, 3.8) is 0 Å². The number of carbonyl (C=O) groups is 1. The molecular weight excluding hydrogens is 188 g/mol. The van der Waals surface area contributed by atoms with Crippen LogP contribution in [0.15, 0.2) is 18.2 Å². The zero-order valence-corrected chi connectivity index (χ0v) is 8.95. The van der Waals surface area contributed by atoms with E-state index in [4.69, 9.17) is 4.74 Å². The number of hydrogen-bond acceptors (Lipinski definition) is 2. The van der Waals surface area contributed by atoms with Gasteiger partial charge in [-0.1, -0.05) is 25.0 Å². The fraction of sp³-hybridized carbons (Fsp3) is 0.462. The predicted octanol–water partition coefficient (Wildman–Crippen LogP) is 2.93. The molecule has 2 rings (SSSR count). The average molecular weight is 203 g/mol. The summed E-state index contributed by atoms with van der Waals surface area (Å²) in [5, 5.41) is 0. The smallest absolute Gasteiger partial charge is 0.338 e. The zero-order valence-electron chi connectivity index (χ0n) is 8.95. The molecule has 79 valence electrons. The van der Waals surface area contributed by atoms with E-state index in [2.05, 4.69) is 6.07 Å². The summed E-state index contributed by atoms with van der Waals surface area (Å²) in [5.41, 5.74) is 1.73. The highest BCUT2D eigenvalue weighted by Crippen LogP contribution is 2.35. The molecule has 0 spiro atoms. The Morgan fingerprint density at radius 1 is 1.47 bits per heavy atom. The van der Waals surface area contributed by atoms with Crippen LogP contribution in [0.2, 0.25) is 0 Å². The van der Waals surface area contributed by atoms with Crippen molar-refractivity contribution >= 4 is 5.97 Å². The molecule has 1 aromatic carbocycles. The SMILES string of the molecule is COC(=O)c1ccc[c]c1C1CCCC1. The van der Waals surface area contributed by atoms with E-state index in [-0.39, 0.29) is 5.97 Å². The molecule has 0 saturated heterocycles. The van der Waals surface area contributed by atoms with E-state index >= 15 is 0 Å². The highest BCUT2D eigenvalue weighted by atomic mass is 16.5. The second-order valence-electron chi connectivity index (χ2n) is 3.97. The number of methoxy groups -OCH3 is 1. The van der Waals surface area contributed by atoms with Gasteiger partial charge in [-0.25, -0.2) is 4.79 Å². The first-order valence-corrected chi connectivity index (χ1v) is 5.42. The summed E-state index contributed by atoms with van der Waals surface area (Å²) >= 11 is 0. The minimum atomic E-state index is -0.242. The van der Waals surface area contributed by atoms with Crippen molar-refractivity contribution in [2.24, 2.45) is 0 Å². The third-order valence-corrected chi connectivity index (χ3v) is 3.06. The lowest BCUT2D eigenvalue weighted by molar-refractivity contribution is 0.0599. The van der Waals surface area contributed by atoms with Crippen LogP contribution in [0.3, 0.4) is 0 Å². The van der Waals surface area contributed by atoms with E-state index in [1.54, 1.807) is 0 Å². The van der Waals surface area contributed by atoms with E-state index < -0.39 is 0 Å². The first kappa shape index (κ1) is 10.2. The number of benzene rings is 1. The fourth-order valence-corrected chi connectivity index (χ4v) is 2.29. The van der Waals surface area contributed by atoms with Crippen LogP contribution in [-0.2, 0) is 4.74 Å². The van der Waals surface area contributed by atoms with Gasteiger partial charge in [-0.15, -0.1) is 0 Å². The van der Waals surface area contributed by atoms with Gasteiger partial charge in [0.25, 0.3) is 0 Å². The Hall–Kier alpha value is -1.31. The van der Waals surface area contributed by atoms with Crippen molar-refractivity contribution in [2.45, 2.75) is 31.6 Å². The summed E-state index contributed by atoms with van der Waals surface area (Å²) in [6.45, 7) is 0. The van der Waals surface area contributed by atoms with Crippen LogP contribution in [-0.4, -0.2) is 13.1 Å². The van der Waals surface area contributed by atoms with Crippen LogP contribution in [0.5, 0.6) is 0 Å². The highest BCUT2D eigenvalue weighted by Gasteiger charge is 2.22. The van der Waals surface area contributed by atoms with Gasteiger partial charge in [0.15, 0.2) is 0 Å². The molecule has 0 aliphatic heterocycles. The van der Waals surface area contributed by atoms with Gasteiger partial charge in [0.1, 0.15) is 0 Å². The summed E-state index contributed by atoms with van der Waals surface area (Å²) in [7, 11) is 1.42. The van der Waals surface area contributed by atoms with E-state index in [1.807, 2.05) is 18.2 Å². The molecule has 2 nitrogen and oxygen atoms in total. The Morgan fingerprint density at radius 3 is 2.87 bits per heavy atom. The molecule has 1 fully saturated rings. The Balaban J connectivity index is 2.32. The average Bonchev–Trinajstić information content (AvgIpc) is 2.81. The van der Waals surface area contributed by atoms with Crippen LogP contribution in [0.25, 0.3) is 0 Å². The summed E-state index contributed by atoms with van der Waals surface area (Å²) in [6, 6.07) is 8.74. The van der Waals surface area contributed by atoms with Crippen molar-refractivity contribution in [3.05, 3.63) is 35.4 Å². The third-order valence-electron chi connectivity index (χ3n) is 3.06. The van der Waals surface area contributed by atoms with Crippen LogP contribution in [0, 0.1) is 6.07 Å². The number of esters is 1. The lowest BCUT2D eigenvalue weighted by Crippen LogP contribution is -2.07. The van der Waals surface area contributed by atoms with Crippen LogP contribution < -0.4 is 0 Å². The van der Waals surface area contributed by atoms with Crippen molar-refractivity contribution in [1.29, 1.82) is 0 Å². The second kappa shape index (κ2) is 4.47. The minimum absolute atomic E-state index is 0.242. The number of hydrogen-bond donors (Lipinski definition) is 0. The maximum absolute atomic E-state index is 11.5. The van der Waals surface area contributed by atoms with Gasteiger partial charge in [-0.3, -0.25) is 0 Å². The normalized spacial score (nSPS) is 16.6. The quantitative estimate of drug-likeness (QED) is 0.691. The Bertz CT molecular complexity index is 351. The van der Waals surface area contributed by atoms with Crippen molar-refractivity contribution < 1.29 is 9.53 Å². The maximum atomic E-state index is 11.5. The molecule has 2 heteroatoms. The maximum Gasteiger partial charge on any atom is 0.338 e. The fourth-order valence-electron chi connectivity index (χ4n) is 2.29. The molecule has 0 atom stereocenters. The number of carbonyl (C=O) groups excluding carboxylic acids is 1. The van der Waals surface area contributed by atoms with Gasteiger partial charge in [0.2, 0.25) is 0 Å². The Labute approximate surface area is 90.3 Å². The van der Waals surface area contributed by atoms with Gasteiger partial charge in [0, 0.05) is 0 Å². The lowest BCUT2D eigenvalue weighted by atomic mass is 9.93. The number of ether oxygens (including phenoxy) is 1. The van der Waals surface area contributed by atoms with Crippen LogP contribution in [0.1, 0.15) is 47.5 Å². The Morgan fingerprint density at radius 2 is 2.20 bits per heavy atom. The molecule has 1 saturated carbocycles. The molecule has 0 bridgehead atoms. The van der Waals surface area contributed by atoms with Crippen LogP contribution in [0.4, 0.5) is 0 Å². The summed E-state index contributed by atoms with van der Waals surface area (Å²) in [5.74, 6) is 0.258. The molecule has 0 N–H and O–H groups in total. The van der Waals surface area contributed by atoms with Gasteiger partial charge in [-0.05, 0) is 36.5 Å². The Kier molecular flexibility index (Phi) is 3.05. The van der Waals surface area contributed by atoms with E-state index in [0.29, 0.717) is 11.5 Å². The molecule has 15 heavy (non-hydrogen) atoms. The van der Waals surface area contributed by atoms with E-state index in [0.717, 1.165) is 5.56 Å². The van der Waals surface area contributed by atoms with Crippen molar-refractivity contribution in [1.82, 2.24) is 0 Å². The van der Waals surface area contributed by atoms with Gasteiger partial charge in [0.05, 0.1) is 12.7 Å². The predicted molar refractivity (Wildman–Crippen MR) is 57.8 cm³/mol. The molecule has 1 aromatic rings. The molecular formula is C13H15O2. The zero-order chi connectivity index (χ0) is 10.7. The van der Waals surface area contributed by atoms with E-state index in [9.17, 15) is 4.79 Å². The largest absolute Gasteiger partial charge is 0.465 e. The van der Waals surface area contributed by atoms with Crippen LogP contribution >= 0.6 is 0 Å². The minimum Gasteiger partial charge on any atom is -0.465 e.